The van der Waals surface area contributed by atoms with Crippen LogP contribution in [0.5, 0.6) is 0 Å². The average Bonchev–Trinajstić information content (AvgIpc) is 2.26. The molecule has 0 radical (unpaired) electrons. The second-order valence-electron chi connectivity index (χ2n) is 3.40. The zero-order valence-corrected chi connectivity index (χ0v) is 9.78. The molecule has 0 spiro atoms. The molecule has 0 saturated carbocycles. The average molecular weight is 229 g/mol. The minimum absolute atomic E-state index is 0.562. The lowest BCUT2D eigenvalue weighted by molar-refractivity contribution is 0.121. The SMILES string of the molecule is CN(CCOCCCl)Cc1cccnc1. The van der Waals surface area contributed by atoms with Crippen LogP contribution in [0.2, 0.25) is 0 Å². The van der Waals surface area contributed by atoms with Crippen molar-refractivity contribution in [2.24, 2.45) is 0 Å². The highest BCUT2D eigenvalue weighted by Gasteiger charge is 1.99. The molecule has 0 fully saturated rings. The lowest BCUT2D eigenvalue weighted by atomic mass is 10.3. The van der Waals surface area contributed by atoms with Gasteiger partial charge < -0.3 is 4.74 Å². The van der Waals surface area contributed by atoms with Crippen LogP contribution in [0, 0.1) is 0 Å². The second-order valence-corrected chi connectivity index (χ2v) is 3.78. The highest BCUT2D eigenvalue weighted by atomic mass is 35.5. The van der Waals surface area contributed by atoms with Crippen molar-refractivity contribution in [3.63, 3.8) is 0 Å². The smallest absolute Gasteiger partial charge is 0.0602 e. The number of aromatic nitrogens is 1. The molecule has 84 valence electrons. The van der Waals surface area contributed by atoms with Gasteiger partial charge in [0.15, 0.2) is 0 Å². The first-order valence-electron chi connectivity index (χ1n) is 5.04. The molecule has 0 aromatic carbocycles. The van der Waals surface area contributed by atoms with Gasteiger partial charge in [0.1, 0.15) is 0 Å². The van der Waals surface area contributed by atoms with E-state index in [1.807, 2.05) is 12.3 Å². The molecule has 0 bridgehead atoms. The third-order valence-electron chi connectivity index (χ3n) is 2.01. The molecule has 0 saturated heterocycles. The van der Waals surface area contributed by atoms with Crippen LogP contribution in [-0.4, -0.2) is 42.6 Å². The Hall–Kier alpha value is -0.640. The first kappa shape index (κ1) is 12.4. The molecule has 0 N–H and O–H groups in total. The first-order chi connectivity index (χ1) is 7.33. The molecule has 0 amide bonds. The topological polar surface area (TPSA) is 25.4 Å². The zero-order valence-electron chi connectivity index (χ0n) is 9.03. The van der Waals surface area contributed by atoms with Crippen molar-refractivity contribution >= 4 is 11.6 Å². The first-order valence-corrected chi connectivity index (χ1v) is 5.57. The van der Waals surface area contributed by atoms with Gasteiger partial charge >= 0.3 is 0 Å². The van der Waals surface area contributed by atoms with Gasteiger partial charge in [-0.15, -0.1) is 11.6 Å². The van der Waals surface area contributed by atoms with Gasteiger partial charge in [-0.25, -0.2) is 0 Å². The molecule has 15 heavy (non-hydrogen) atoms. The maximum absolute atomic E-state index is 5.50. The van der Waals surface area contributed by atoms with Gasteiger partial charge in [-0.2, -0.15) is 0 Å². The number of likely N-dealkylation sites (N-methyl/N-ethyl adjacent to an activating group) is 1. The summed E-state index contributed by atoms with van der Waals surface area (Å²) in [5, 5.41) is 0. The highest BCUT2D eigenvalue weighted by Crippen LogP contribution is 1.99. The zero-order chi connectivity index (χ0) is 10.9. The predicted molar refractivity (Wildman–Crippen MR) is 62.1 cm³/mol. The van der Waals surface area contributed by atoms with Gasteiger partial charge in [-0.3, -0.25) is 9.88 Å². The van der Waals surface area contributed by atoms with Gasteiger partial charge in [-0.05, 0) is 18.7 Å². The molecule has 0 atom stereocenters. The number of rotatable bonds is 7. The van der Waals surface area contributed by atoms with Crippen LogP contribution >= 0.6 is 11.6 Å². The van der Waals surface area contributed by atoms with Gasteiger partial charge in [0.2, 0.25) is 0 Å². The van der Waals surface area contributed by atoms with E-state index in [1.165, 1.54) is 5.56 Å². The summed E-state index contributed by atoms with van der Waals surface area (Å²) in [6, 6.07) is 4.02. The fourth-order valence-corrected chi connectivity index (χ4v) is 1.37. The van der Waals surface area contributed by atoms with Crippen LogP contribution in [0.1, 0.15) is 5.56 Å². The summed E-state index contributed by atoms with van der Waals surface area (Å²) in [6.45, 7) is 3.16. The molecular formula is C11H17ClN2O. The molecule has 1 aromatic heterocycles. The molecular weight excluding hydrogens is 212 g/mol. The van der Waals surface area contributed by atoms with Crippen molar-refractivity contribution in [1.82, 2.24) is 9.88 Å². The summed E-state index contributed by atoms with van der Waals surface area (Å²) in [7, 11) is 2.07. The molecule has 0 aliphatic rings. The fourth-order valence-electron chi connectivity index (χ4n) is 1.26. The number of halogens is 1. The molecule has 1 aromatic rings. The Balaban J connectivity index is 2.16. The normalized spacial score (nSPS) is 10.9. The number of alkyl halides is 1. The van der Waals surface area contributed by atoms with Crippen molar-refractivity contribution in [2.45, 2.75) is 6.54 Å². The van der Waals surface area contributed by atoms with Gasteiger partial charge in [0.05, 0.1) is 13.2 Å². The largest absolute Gasteiger partial charge is 0.379 e. The number of hydrogen-bond acceptors (Lipinski definition) is 3. The third kappa shape index (κ3) is 5.72. The third-order valence-corrected chi connectivity index (χ3v) is 2.17. The molecule has 0 unspecified atom stereocenters. The van der Waals surface area contributed by atoms with Crippen LogP contribution < -0.4 is 0 Å². The summed E-state index contributed by atoms with van der Waals surface area (Å²) in [5.41, 5.74) is 1.22. The van der Waals surface area contributed by atoms with E-state index in [1.54, 1.807) is 6.20 Å². The lowest BCUT2D eigenvalue weighted by Crippen LogP contribution is -2.23. The van der Waals surface area contributed by atoms with Gasteiger partial charge in [0, 0.05) is 31.4 Å². The van der Waals surface area contributed by atoms with E-state index in [0.29, 0.717) is 12.5 Å². The number of ether oxygens (including phenoxy) is 1. The van der Waals surface area contributed by atoms with E-state index in [-0.39, 0.29) is 0 Å². The lowest BCUT2D eigenvalue weighted by Gasteiger charge is -2.16. The molecule has 4 heteroatoms. The predicted octanol–water partition coefficient (Wildman–Crippen LogP) is 1.77. The van der Waals surface area contributed by atoms with Crippen molar-refractivity contribution < 1.29 is 4.74 Å². The Morgan fingerprint density at radius 2 is 2.33 bits per heavy atom. The summed E-state index contributed by atoms with van der Waals surface area (Å²) in [4.78, 5) is 6.27. The Kier molecular flexibility index (Phi) is 6.32. The highest BCUT2D eigenvalue weighted by molar-refractivity contribution is 6.17. The van der Waals surface area contributed by atoms with Crippen LogP contribution in [-0.2, 0) is 11.3 Å². The Bertz CT molecular complexity index is 256. The minimum Gasteiger partial charge on any atom is -0.379 e. The number of nitrogens with zero attached hydrogens (tertiary/aromatic N) is 2. The van der Waals surface area contributed by atoms with E-state index in [9.17, 15) is 0 Å². The van der Waals surface area contributed by atoms with E-state index >= 15 is 0 Å². The van der Waals surface area contributed by atoms with E-state index in [4.69, 9.17) is 16.3 Å². The Morgan fingerprint density at radius 1 is 1.47 bits per heavy atom. The number of pyridine rings is 1. The summed E-state index contributed by atoms with van der Waals surface area (Å²) >= 11 is 5.50. The second kappa shape index (κ2) is 7.63. The Morgan fingerprint density at radius 3 is 3.00 bits per heavy atom. The van der Waals surface area contributed by atoms with Gasteiger partial charge in [-0.1, -0.05) is 6.07 Å². The van der Waals surface area contributed by atoms with Crippen molar-refractivity contribution in [3.05, 3.63) is 30.1 Å². The summed E-state index contributed by atoms with van der Waals surface area (Å²) in [5.74, 6) is 0.562. The monoisotopic (exact) mass is 228 g/mol. The maximum Gasteiger partial charge on any atom is 0.0602 e. The van der Waals surface area contributed by atoms with E-state index in [2.05, 4.69) is 23.0 Å². The Labute approximate surface area is 96.0 Å². The van der Waals surface area contributed by atoms with Crippen LogP contribution in [0.4, 0.5) is 0 Å². The molecule has 0 aliphatic carbocycles. The van der Waals surface area contributed by atoms with Crippen molar-refractivity contribution in [2.75, 3.05) is 32.7 Å². The van der Waals surface area contributed by atoms with E-state index in [0.717, 1.165) is 19.7 Å². The molecule has 0 aliphatic heterocycles. The molecule has 3 nitrogen and oxygen atoms in total. The van der Waals surface area contributed by atoms with Crippen molar-refractivity contribution in [3.8, 4) is 0 Å². The standard InChI is InChI=1S/C11H17ClN2O/c1-14(6-8-15-7-4-12)10-11-3-2-5-13-9-11/h2-3,5,9H,4,6-8,10H2,1H3. The van der Waals surface area contributed by atoms with Crippen LogP contribution in [0.15, 0.2) is 24.5 Å². The minimum atomic E-state index is 0.562. The summed E-state index contributed by atoms with van der Waals surface area (Å²) in [6.07, 6.45) is 3.67. The number of hydrogen-bond donors (Lipinski definition) is 0. The molecule has 1 heterocycles. The van der Waals surface area contributed by atoms with Crippen molar-refractivity contribution in [1.29, 1.82) is 0 Å². The quantitative estimate of drug-likeness (QED) is 0.526. The molecule has 1 rings (SSSR count). The van der Waals surface area contributed by atoms with Crippen LogP contribution in [0.3, 0.4) is 0 Å². The van der Waals surface area contributed by atoms with E-state index < -0.39 is 0 Å². The maximum atomic E-state index is 5.50. The van der Waals surface area contributed by atoms with Gasteiger partial charge in [0.25, 0.3) is 0 Å². The fraction of sp³-hybridized carbons (Fsp3) is 0.545. The van der Waals surface area contributed by atoms with Crippen LogP contribution in [0.25, 0.3) is 0 Å². The summed E-state index contributed by atoms with van der Waals surface area (Å²) < 4.78 is 5.30.